The van der Waals surface area contributed by atoms with Gasteiger partial charge in [0.15, 0.2) is 0 Å². The third kappa shape index (κ3) is 4.75. The van der Waals surface area contributed by atoms with Gasteiger partial charge in [0.2, 0.25) is 0 Å². The van der Waals surface area contributed by atoms with Gasteiger partial charge in [-0.2, -0.15) is 5.10 Å². The molecular formula is C23H25N5O2. The first-order valence-corrected chi connectivity index (χ1v) is 9.53. The van der Waals surface area contributed by atoms with Crippen molar-refractivity contribution < 1.29 is 9.59 Å². The fourth-order valence-electron chi connectivity index (χ4n) is 3.00. The quantitative estimate of drug-likeness (QED) is 0.490. The molecule has 7 heteroatoms. The Hall–Kier alpha value is -3.87. The van der Waals surface area contributed by atoms with Gasteiger partial charge in [0.1, 0.15) is 0 Å². The van der Waals surface area contributed by atoms with Gasteiger partial charge in [0.05, 0.1) is 6.21 Å². The lowest BCUT2D eigenvalue weighted by atomic mass is 10.2. The maximum atomic E-state index is 12.4. The highest BCUT2D eigenvalue weighted by atomic mass is 16.2. The Labute approximate surface area is 176 Å². The Kier molecular flexibility index (Phi) is 6.32. The number of rotatable bonds is 6. The minimum atomic E-state index is -0.291. The van der Waals surface area contributed by atoms with Crippen LogP contribution in [0.4, 0.5) is 5.69 Å². The van der Waals surface area contributed by atoms with Crippen molar-refractivity contribution in [1.29, 1.82) is 0 Å². The fourth-order valence-corrected chi connectivity index (χ4v) is 3.00. The minimum Gasteiger partial charge on any atom is -0.378 e. The van der Waals surface area contributed by atoms with Crippen LogP contribution in [-0.2, 0) is 0 Å². The van der Waals surface area contributed by atoms with Crippen molar-refractivity contribution in [2.24, 2.45) is 5.10 Å². The summed E-state index contributed by atoms with van der Waals surface area (Å²) in [6, 6.07) is 18.2. The predicted octanol–water partition coefficient (Wildman–Crippen LogP) is 3.32. The summed E-state index contributed by atoms with van der Waals surface area (Å²) >= 11 is 0. The standard InChI is InChI=1S/C23H25N5O2/c1-16-13-20(17(2)28(16)26-23(30)18-9-6-5-7-10-18)15-24-25-22(29)19-11-8-12-21(14-19)27(3)4/h5-15H,1-4H3,(H,25,29)(H,26,30)/b24-15-. The predicted molar refractivity (Wildman–Crippen MR) is 120 cm³/mol. The lowest BCUT2D eigenvalue weighted by Crippen LogP contribution is -2.24. The maximum Gasteiger partial charge on any atom is 0.271 e. The van der Waals surface area contributed by atoms with E-state index in [0.717, 1.165) is 22.6 Å². The van der Waals surface area contributed by atoms with E-state index in [1.54, 1.807) is 35.2 Å². The topological polar surface area (TPSA) is 78.7 Å². The van der Waals surface area contributed by atoms with Crippen LogP contribution in [0, 0.1) is 13.8 Å². The zero-order valence-corrected chi connectivity index (χ0v) is 17.5. The normalized spacial score (nSPS) is 10.8. The second-order valence-corrected chi connectivity index (χ2v) is 7.11. The summed E-state index contributed by atoms with van der Waals surface area (Å²) in [5.74, 6) is -0.490. The molecule has 2 aromatic carbocycles. The van der Waals surface area contributed by atoms with Crippen LogP contribution in [0.15, 0.2) is 65.8 Å². The van der Waals surface area contributed by atoms with Gasteiger partial charge in [-0.25, -0.2) is 5.43 Å². The van der Waals surface area contributed by atoms with E-state index >= 15 is 0 Å². The van der Waals surface area contributed by atoms with Crippen molar-refractivity contribution in [2.45, 2.75) is 13.8 Å². The summed E-state index contributed by atoms with van der Waals surface area (Å²) in [5.41, 5.74) is 9.92. The van der Waals surface area contributed by atoms with E-state index in [9.17, 15) is 9.59 Å². The van der Waals surface area contributed by atoms with Crippen molar-refractivity contribution in [1.82, 2.24) is 10.1 Å². The van der Waals surface area contributed by atoms with E-state index in [1.165, 1.54) is 0 Å². The number of anilines is 1. The molecule has 2 N–H and O–H groups in total. The Bertz CT molecular complexity index is 1080. The molecule has 154 valence electrons. The summed E-state index contributed by atoms with van der Waals surface area (Å²) in [7, 11) is 3.84. The van der Waals surface area contributed by atoms with Gasteiger partial charge in [-0.1, -0.05) is 24.3 Å². The van der Waals surface area contributed by atoms with Crippen molar-refractivity contribution in [3.05, 3.63) is 88.7 Å². The first-order chi connectivity index (χ1) is 14.4. The molecule has 0 saturated heterocycles. The lowest BCUT2D eigenvalue weighted by molar-refractivity contribution is 0.0954. The molecule has 30 heavy (non-hydrogen) atoms. The van der Waals surface area contributed by atoms with Crippen LogP contribution in [-0.4, -0.2) is 36.8 Å². The molecular weight excluding hydrogens is 378 g/mol. The van der Waals surface area contributed by atoms with E-state index in [0.29, 0.717) is 11.1 Å². The Morgan fingerprint density at radius 2 is 1.63 bits per heavy atom. The summed E-state index contributed by atoms with van der Waals surface area (Å²) in [4.78, 5) is 26.7. The second-order valence-electron chi connectivity index (χ2n) is 7.11. The number of nitrogens with zero attached hydrogens (tertiary/aromatic N) is 3. The number of benzene rings is 2. The molecule has 0 aliphatic rings. The van der Waals surface area contributed by atoms with E-state index in [1.807, 2.05) is 69.2 Å². The van der Waals surface area contributed by atoms with E-state index in [4.69, 9.17) is 0 Å². The molecule has 0 aliphatic carbocycles. The van der Waals surface area contributed by atoms with Gasteiger partial charge in [0.25, 0.3) is 11.8 Å². The summed E-state index contributed by atoms with van der Waals surface area (Å²) in [6.45, 7) is 3.77. The van der Waals surface area contributed by atoms with Gasteiger partial charge in [-0.3, -0.25) is 19.7 Å². The molecule has 0 aliphatic heterocycles. The Balaban J connectivity index is 1.69. The molecule has 0 radical (unpaired) electrons. The van der Waals surface area contributed by atoms with E-state index < -0.39 is 0 Å². The molecule has 1 aromatic heterocycles. The third-order valence-electron chi connectivity index (χ3n) is 4.71. The number of amides is 2. The zero-order valence-electron chi connectivity index (χ0n) is 17.5. The van der Waals surface area contributed by atoms with Crippen LogP contribution in [0.5, 0.6) is 0 Å². The molecule has 3 rings (SSSR count). The number of aromatic nitrogens is 1. The monoisotopic (exact) mass is 403 g/mol. The van der Waals surface area contributed by atoms with Crippen molar-refractivity contribution in [3.63, 3.8) is 0 Å². The largest absolute Gasteiger partial charge is 0.378 e. The van der Waals surface area contributed by atoms with Gasteiger partial charge in [-0.15, -0.1) is 0 Å². The van der Waals surface area contributed by atoms with Gasteiger partial charge < -0.3 is 4.90 Å². The minimum absolute atomic E-state index is 0.199. The van der Waals surface area contributed by atoms with Crippen LogP contribution in [0.25, 0.3) is 0 Å². The Morgan fingerprint density at radius 3 is 2.33 bits per heavy atom. The lowest BCUT2D eigenvalue weighted by Gasteiger charge is -2.12. The number of carbonyl (C=O) groups is 2. The highest BCUT2D eigenvalue weighted by molar-refractivity contribution is 6.00. The molecule has 0 spiro atoms. The molecule has 0 unspecified atom stereocenters. The number of aryl methyl sites for hydroxylation is 1. The van der Waals surface area contributed by atoms with Crippen LogP contribution in [0.3, 0.4) is 0 Å². The van der Waals surface area contributed by atoms with Crippen LogP contribution < -0.4 is 15.8 Å². The first kappa shape index (κ1) is 20.9. The number of carbonyl (C=O) groups excluding carboxylic acids is 2. The smallest absolute Gasteiger partial charge is 0.271 e. The Morgan fingerprint density at radius 1 is 0.933 bits per heavy atom. The number of hydrogen-bond acceptors (Lipinski definition) is 4. The number of nitrogens with one attached hydrogen (secondary N) is 2. The first-order valence-electron chi connectivity index (χ1n) is 9.53. The second kappa shape index (κ2) is 9.09. The molecule has 7 nitrogen and oxygen atoms in total. The summed E-state index contributed by atoms with van der Waals surface area (Å²) < 4.78 is 1.71. The molecule has 3 aromatic rings. The third-order valence-corrected chi connectivity index (χ3v) is 4.71. The van der Waals surface area contributed by atoms with Crippen LogP contribution in [0.2, 0.25) is 0 Å². The number of hydrogen-bond donors (Lipinski definition) is 2. The molecule has 0 bridgehead atoms. The van der Waals surface area contributed by atoms with Crippen molar-refractivity contribution in [3.8, 4) is 0 Å². The van der Waals surface area contributed by atoms with E-state index in [2.05, 4.69) is 16.0 Å². The molecule has 0 atom stereocenters. The van der Waals surface area contributed by atoms with E-state index in [-0.39, 0.29) is 11.8 Å². The fraction of sp³-hybridized carbons (Fsp3) is 0.174. The average molecular weight is 403 g/mol. The average Bonchev–Trinajstić information content (AvgIpc) is 3.01. The van der Waals surface area contributed by atoms with Crippen LogP contribution >= 0.6 is 0 Å². The molecule has 1 heterocycles. The molecule has 0 saturated carbocycles. The summed E-state index contributed by atoms with van der Waals surface area (Å²) in [5, 5.41) is 4.08. The zero-order chi connectivity index (χ0) is 21.7. The number of hydrazone groups is 1. The van der Waals surface area contributed by atoms with Gasteiger partial charge in [0, 0.05) is 47.9 Å². The van der Waals surface area contributed by atoms with Gasteiger partial charge in [-0.05, 0) is 50.2 Å². The highest BCUT2D eigenvalue weighted by Crippen LogP contribution is 2.14. The SMILES string of the molecule is Cc1cc(/C=N\NC(=O)c2cccc(N(C)C)c2)c(C)n1NC(=O)c1ccccc1. The van der Waals surface area contributed by atoms with Gasteiger partial charge >= 0.3 is 0 Å². The molecule has 0 fully saturated rings. The highest BCUT2D eigenvalue weighted by Gasteiger charge is 2.12. The van der Waals surface area contributed by atoms with Crippen molar-refractivity contribution in [2.75, 3.05) is 24.4 Å². The molecule has 2 amide bonds. The maximum absolute atomic E-state index is 12.4. The van der Waals surface area contributed by atoms with Crippen molar-refractivity contribution >= 4 is 23.7 Å². The van der Waals surface area contributed by atoms with Crippen LogP contribution in [0.1, 0.15) is 37.7 Å². The summed E-state index contributed by atoms with van der Waals surface area (Å²) in [6.07, 6.45) is 1.57.